The highest BCUT2D eigenvalue weighted by atomic mass is 16.4. The van der Waals surface area contributed by atoms with Crippen molar-refractivity contribution in [1.29, 1.82) is 0 Å². The minimum absolute atomic E-state index is 0.0128. The Labute approximate surface area is 355 Å². The van der Waals surface area contributed by atoms with E-state index in [0.29, 0.717) is 89.5 Å². The van der Waals surface area contributed by atoms with Crippen LogP contribution in [0.3, 0.4) is 0 Å². The van der Waals surface area contributed by atoms with Crippen molar-refractivity contribution in [2.75, 3.05) is 79.0 Å². The number of hydrogen-bond donors (Lipinski definition) is 11. The molecule has 0 aliphatic heterocycles. The van der Waals surface area contributed by atoms with Gasteiger partial charge in [-0.2, -0.15) is 0 Å². The Hall–Kier alpha value is -4.89. The Morgan fingerprint density at radius 3 is 1.25 bits per heavy atom. The third-order valence-electron chi connectivity index (χ3n) is 9.85. The molecule has 0 saturated heterocycles. The van der Waals surface area contributed by atoms with Crippen LogP contribution in [-0.2, 0) is 33.6 Å². The molecule has 0 rings (SSSR count). The lowest BCUT2D eigenvalue weighted by Gasteiger charge is -2.30. The van der Waals surface area contributed by atoms with Crippen LogP contribution in [0.4, 0.5) is 0 Å². The van der Waals surface area contributed by atoms with E-state index < -0.39 is 47.8 Å². The molecule has 0 aromatic carbocycles. The van der Waals surface area contributed by atoms with Gasteiger partial charge in [0.25, 0.3) is 0 Å². The zero-order valence-corrected chi connectivity index (χ0v) is 36.9. The molecule has 21 nitrogen and oxygen atoms in total. The van der Waals surface area contributed by atoms with Crippen molar-refractivity contribution in [1.82, 2.24) is 52.8 Å². The fraction of sp³-hybridized carbons (Fsp3) is 0.769. The highest BCUT2D eigenvalue weighted by Crippen LogP contribution is 2.06. The topological polar surface area (TPSA) is 296 Å². The maximum atomic E-state index is 12.5. The van der Waals surface area contributed by atoms with Crippen LogP contribution in [0, 0.1) is 0 Å². The van der Waals surface area contributed by atoms with Crippen LogP contribution in [-0.4, -0.2) is 158 Å². The van der Waals surface area contributed by atoms with E-state index in [0.717, 1.165) is 25.7 Å². The highest BCUT2D eigenvalue weighted by molar-refractivity contribution is 5.91. The third kappa shape index (κ3) is 28.5. The number of carbonyl (C=O) groups is 7. The second kappa shape index (κ2) is 32.0. The van der Waals surface area contributed by atoms with Gasteiger partial charge in [-0.1, -0.05) is 23.2 Å². The van der Waals surface area contributed by atoms with Crippen molar-refractivity contribution < 1.29 is 44.0 Å². The normalized spacial score (nSPS) is 12.1. The number of rotatable bonds is 34. The fourth-order valence-electron chi connectivity index (χ4n) is 5.22. The van der Waals surface area contributed by atoms with Crippen LogP contribution in [0.1, 0.15) is 106 Å². The number of hydrogen-bond acceptors (Lipinski definition) is 14. The van der Waals surface area contributed by atoms with Gasteiger partial charge in [-0.3, -0.25) is 38.5 Å². The molecule has 0 unspecified atom stereocenters. The largest absolute Gasteiger partial charge is 0.411 e. The lowest BCUT2D eigenvalue weighted by Crippen LogP contribution is -2.51. The number of amides is 7. The van der Waals surface area contributed by atoms with E-state index >= 15 is 0 Å². The summed E-state index contributed by atoms with van der Waals surface area (Å²) in [6, 6.07) is 0. The van der Waals surface area contributed by atoms with Crippen LogP contribution >= 0.6 is 0 Å². The zero-order chi connectivity index (χ0) is 45.4. The summed E-state index contributed by atoms with van der Waals surface area (Å²) in [6.07, 6.45) is 5.19. The number of nitrogens with one attached hydrogen (secondary N) is 9. The molecule has 0 aromatic heterocycles. The number of unbranched alkanes of at least 4 members (excludes halogenated alkanes) is 4. The molecule has 0 aromatic rings. The summed E-state index contributed by atoms with van der Waals surface area (Å²) in [7, 11) is 1.61. The van der Waals surface area contributed by atoms with Crippen LogP contribution in [0.5, 0.6) is 0 Å². The summed E-state index contributed by atoms with van der Waals surface area (Å²) in [5.41, 5.74) is 0.0274. The average Bonchev–Trinajstić information content (AvgIpc) is 3.21. The first kappa shape index (κ1) is 55.1. The van der Waals surface area contributed by atoms with Crippen molar-refractivity contribution >= 4 is 52.8 Å². The van der Waals surface area contributed by atoms with Crippen molar-refractivity contribution in [3.63, 3.8) is 0 Å². The van der Waals surface area contributed by atoms with Crippen molar-refractivity contribution in [3.05, 3.63) is 0 Å². The van der Waals surface area contributed by atoms with E-state index in [1.807, 2.05) is 27.7 Å². The molecule has 0 aliphatic rings. The molecular weight excluding hydrogens is 781 g/mol. The van der Waals surface area contributed by atoms with Crippen LogP contribution in [0.15, 0.2) is 10.3 Å². The molecule has 0 spiro atoms. The summed E-state index contributed by atoms with van der Waals surface area (Å²) in [4.78, 5) is 86.2. The van der Waals surface area contributed by atoms with Gasteiger partial charge in [0.05, 0.1) is 42.1 Å². The minimum Gasteiger partial charge on any atom is -0.411 e. The van der Waals surface area contributed by atoms with Gasteiger partial charge in [-0.05, 0) is 67.2 Å². The molecule has 21 heteroatoms. The van der Waals surface area contributed by atoms with E-state index in [4.69, 9.17) is 10.4 Å². The van der Waals surface area contributed by atoms with Crippen molar-refractivity contribution in [2.45, 2.75) is 117 Å². The van der Waals surface area contributed by atoms with Crippen molar-refractivity contribution in [2.24, 2.45) is 10.3 Å². The smallest absolute Gasteiger partial charge is 0.239 e. The first-order valence-corrected chi connectivity index (χ1v) is 20.8. The highest BCUT2D eigenvalue weighted by Gasteiger charge is 2.23. The summed E-state index contributed by atoms with van der Waals surface area (Å²) in [5.74, 6) is -2.47. The molecule has 60 heavy (non-hydrogen) atoms. The van der Waals surface area contributed by atoms with E-state index in [1.54, 1.807) is 20.9 Å². The van der Waals surface area contributed by atoms with Gasteiger partial charge in [0.2, 0.25) is 41.4 Å². The first-order chi connectivity index (χ1) is 28.4. The SMILES string of the molecule is CNC(=O)CCCCCNC(=O)CCCCCNC(=O)CNC(=O)CNC(=O)CNC(=O)CCC(=O)NCCN(CCNC(C)(C)/C(C)=N\O)CCNC(C)(C)/C(C)=N\O. The molecule has 0 aliphatic carbocycles. The van der Waals surface area contributed by atoms with Crippen LogP contribution in [0.25, 0.3) is 0 Å². The maximum absolute atomic E-state index is 12.5. The third-order valence-corrected chi connectivity index (χ3v) is 9.85. The molecular formula is C39H74N12O9. The molecule has 0 heterocycles. The first-order valence-electron chi connectivity index (χ1n) is 20.8. The Balaban J connectivity index is 4.25. The van der Waals surface area contributed by atoms with Gasteiger partial charge in [-0.15, -0.1) is 0 Å². The van der Waals surface area contributed by atoms with E-state index in [2.05, 4.69) is 63.1 Å². The molecule has 0 radical (unpaired) electrons. The monoisotopic (exact) mass is 855 g/mol. The Morgan fingerprint density at radius 1 is 0.450 bits per heavy atom. The predicted octanol–water partition coefficient (Wildman–Crippen LogP) is -0.931. The van der Waals surface area contributed by atoms with E-state index in [9.17, 15) is 33.6 Å². The standard InChI is InChI=1S/C39H74N12O9/c1-29(49-59)38(3,4)47-21-24-51(25-22-48-39(5,6)30(2)50-60)23-20-43-33(54)16-17-34(55)44-27-36(57)46-28-37(58)45-26-35(56)42-19-13-9-11-15-32(53)41-18-12-8-10-14-31(52)40-7/h47-48,59-60H,8-28H2,1-7H3,(H,40,52)(H,41,53)(H,42,56)(H,43,54)(H,44,55)(H,45,58)(H,46,57)/b49-29-,50-30-. The fourth-order valence-corrected chi connectivity index (χ4v) is 5.22. The molecule has 0 atom stereocenters. The molecule has 7 amide bonds. The average molecular weight is 855 g/mol. The maximum Gasteiger partial charge on any atom is 0.239 e. The number of nitrogens with zero attached hydrogens (tertiary/aromatic N) is 3. The Morgan fingerprint density at radius 2 is 0.800 bits per heavy atom. The van der Waals surface area contributed by atoms with Gasteiger partial charge in [-0.25, -0.2) is 0 Å². The van der Waals surface area contributed by atoms with Crippen LogP contribution in [0.2, 0.25) is 0 Å². The predicted molar refractivity (Wildman–Crippen MR) is 229 cm³/mol. The summed E-state index contributed by atoms with van der Waals surface area (Å²) in [5, 5.41) is 49.8. The van der Waals surface area contributed by atoms with Gasteiger partial charge in [0.15, 0.2) is 0 Å². The van der Waals surface area contributed by atoms with Gasteiger partial charge >= 0.3 is 0 Å². The minimum atomic E-state index is -0.618. The molecule has 0 saturated carbocycles. The quantitative estimate of drug-likeness (QED) is 0.0162. The summed E-state index contributed by atoms with van der Waals surface area (Å²) < 4.78 is 0. The second-order valence-corrected chi connectivity index (χ2v) is 15.5. The van der Waals surface area contributed by atoms with Gasteiger partial charge in [0.1, 0.15) is 0 Å². The van der Waals surface area contributed by atoms with Crippen molar-refractivity contribution in [3.8, 4) is 0 Å². The van der Waals surface area contributed by atoms with Crippen LogP contribution < -0.4 is 47.9 Å². The zero-order valence-electron chi connectivity index (χ0n) is 36.9. The lowest BCUT2D eigenvalue weighted by molar-refractivity contribution is -0.129. The van der Waals surface area contributed by atoms with E-state index in [1.165, 1.54) is 0 Å². The van der Waals surface area contributed by atoms with E-state index in [-0.39, 0.29) is 37.1 Å². The lowest BCUT2D eigenvalue weighted by atomic mass is 9.99. The molecule has 344 valence electrons. The molecule has 0 bridgehead atoms. The number of oxime groups is 2. The Kier molecular flexibility index (Phi) is 29.4. The molecule has 11 N–H and O–H groups in total. The van der Waals surface area contributed by atoms with Gasteiger partial charge < -0.3 is 58.3 Å². The molecule has 0 fully saturated rings. The number of carbonyl (C=O) groups excluding carboxylic acids is 7. The summed E-state index contributed by atoms with van der Waals surface area (Å²) in [6.45, 7) is 14.2. The Bertz CT molecular complexity index is 1370. The second-order valence-electron chi connectivity index (χ2n) is 15.5. The van der Waals surface area contributed by atoms with Gasteiger partial charge in [0, 0.05) is 85.1 Å². The summed E-state index contributed by atoms with van der Waals surface area (Å²) >= 11 is 0.